The molecule has 0 N–H and O–H groups in total. The standard InChI is InChI=1S/C23H22N2O3/c1-17(18-10-4-3-5-11-18)25(16-19-12-8-9-15-24-19)22(26)20-13-6-7-14-21(20)23(27)28-2/h3-15,17H,16H2,1-2H3/t17-/m1/s1. The fourth-order valence-electron chi connectivity index (χ4n) is 3.07. The molecule has 28 heavy (non-hydrogen) atoms. The molecular formula is C23H22N2O3. The van der Waals surface area contributed by atoms with Crippen LogP contribution in [0.25, 0.3) is 0 Å². The van der Waals surface area contributed by atoms with Gasteiger partial charge in [-0.1, -0.05) is 48.5 Å². The Balaban J connectivity index is 2.01. The number of esters is 1. The van der Waals surface area contributed by atoms with Crippen molar-refractivity contribution < 1.29 is 14.3 Å². The maximum absolute atomic E-state index is 13.5. The van der Waals surface area contributed by atoms with Crippen LogP contribution in [0.15, 0.2) is 79.0 Å². The van der Waals surface area contributed by atoms with Crippen molar-refractivity contribution in [2.24, 2.45) is 0 Å². The van der Waals surface area contributed by atoms with Gasteiger partial charge in [0, 0.05) is 6.20 Å². The summed E-state index contributed by atoms with van der Waals surface area (Å²) in [6.45, 7) is 2.29. The Bertz CT molecular complexity index is 942. The number of ether oxygens (including phenoxy) is 1. The number of amides is 1. The Morgan fingerprint density at radius 1 is 0.929 bits per heavy atom. The van der Waals surface area contributed by atoms with E-state index in [-0.39, 0.29) is 17.5 Å². The molecule has 1 amide bonds. The van der Waals surface area contributed by atoms with Gasteiger partial charge in [-0.05, 0) is 36.8 Å². The summed E-state index contributed by atoms with van der Waals surface area (Å²) in [6.07, 6.45) is 1.70. The summed E-state index contributed by atoms with van der Waals surface area (Å²) in [5.41, 5.74) is 2.34. The fraction of sp³-hybridized carbons (Fsp3) is 0.174. The third kappa shape index (κ3) is 4.26. The van der Waals surface area contributed by atoms with Crippen LogP contribution in [0.3, 0.4) is 0 Å². The first kappa shape index (κ1) is 19.3. The highest BCUT2D eigenvalue weighted by atomic mass is 16.5. The molecule has 0 saturated heterocycles. The molecule has 1 atom stereocenters. The van der Waals surface area contributed by atoms with Crippen LogP contribution >= 0.6 is 0 Å². The van der Waals surface area contributed by atoms with Gasteiger partial charge in [0.25, 0.3) is 5.91 Å². The van der Waals surface area contributed by atoms with Crippen molar-refractivity contribution in [3.8, 4) is 0 Å². The van der Waals surface area contributed by atoms with Gasteiger partial charge in [0.15, 0.2) is 0 Å². The average molecular weight is 374 g/mol. The molecule has 0 fully saturated rings. The molecule has 3 aromatic rings. The molecule has 0 aliphatic rings. The second kappa shape index (κ2) is 8.95. The predicted molar refractivity (Wildman–Crippen MR) is 107 cm³/mol. The summed E-state index contributed by atoms with van der Waals surface area (Å²) in [7, 11) is 1.31. The molecule has 0 spiro atoms. The van der Waals surface area contributed by atoms with Gasteiger partial charge in [-0.2, -0.15) is 0 Å². The number of pyridine rings is 1. The lowest BCUT2D eigenvalue weighted by Gasteiger charge is -2.30. The van der Waals surface area contributed by atoms with E-state index in [0.717, 1.165) is 11.3 Å². The molecule has 0 aliphatic heterocycles. The molecule has 0 aliphatic carbocycles. The van der Waals surface area contributed by atoms with Crippen LogP contribution in [-0.4, -0.2) is 28.9 Å². The molecule has 5 nitrogen and oxygen atoms in total. The number of hydrogen-bond acceptors (Lipinski definition) is 4. The zero-order valence-corrected chi connectivity index (χ0v) is 15.9. The third-order valence-corrected chi connectivity index (χ3v) is 4.63. The van der Waals surface area contributed by atoms with E-state index in [1.54, 1.807) is 35.4 Å². The lowest BCUT2D eigenvalue weighted by atomic mass is 10.0. The number of nitrogens with zero attached hydrogens (tertiary/aromatic N) is 2. The summed E-state index contributed by atoms with van der Waals surface area (Å²) in [5.74, 6) is -0.780. The van der Waals surface area contributed by atoms with Crippen molar-refractivity contribution in [3.05, 3.63) is 101 Å². The smallest absolute Gasteiger partial charge is 0.338 e. The van der Waals surface area contributed by atoms with Gasteiger partial charge in [0.1, 0.15) is 0 Å². The topological polar surface area (TPSA) is 59.5 Å². The van der Waals surface area contributed by atoms with E-state index >= 15 is 0 Å². The first-order valence-corrected chi connectivity index (χ1v) is 9.05. The van der Waals surface area contributed by atoms with E-state index in [1.165, 1.54) is 7.11 Å². The Kier molecular flexibility index (Phi) is 6.17. The third-order valence-electron chi connectivity index (χ3n) is 4.63. The zero-order chi connectivity index (χ0) is 19.9. The number of carbonyl (C=O) groups is 2. The largest absolute Gasteiger partial charge is 0.465 e. The van der Waals surface area contributed by atoms with Crippen LogP contribution in [0, 0.1) is 0 Å². The quantitative estimate of drug-likeness (QED) is 0.605. The van der Waals surface area contributed by atoms with Crippen molar-refractivity contribution in [2.45, 2.75) is 19.5 Å². The summed E-state index contributed by atoms with van der Waals surface area (Å²) >= 11 is 0. The lowest BCUT2D eigenvalue weighted by Crippen LogP contribution is -2.34. The van der Waals surface area contributed by atoms with Crippen LogP contribution in [-0.2, 0) is 11.3 Å². The van der Waals surface area contributed by atoms with E-state index in [0.29, 0.717) is 12.1 Å². The zero-order valence-electron chi connectivity index (χ0n) is 15.9. The highest BCUT2D eigenvalue weighted by Gasteiger charge is 2.27. The van der Waals surface area contributed by atoms with E-state index in [1.807, 2.05) is 55.5 Å². The summed E-state index contributed by atoms with van der Waals surface area (Å²) in [5, 5.41) is 0. The Morgan fingerprint density at radius 2 is 1.57 bits per heavy atom. The molecule has 0 radical (unpaired) electrons. The van der Waals surface area contributed by atoms with E-state index in [2.05, 4.69) is 4.98 Å². The van der Waals surface area contributed by atoms with E-state index < -0.39 is 5.97 Å². The van der Waals surface area contributed by atoms with Gasteiger partial charge in [-0.25, -0.2) is 4.79 Å². The first-order valence-electron chi connectivity index (χ1n) is 9.05. The highest BCUT2D eigenvalue weighted by Crippen LogP contribution is 2.25. The number of hydrogen-bond donors (Lipinski definition) is 0. The maximum Gasteiger partial charge on any atom is 0.338 e. The molecule has 1 aromatic heterocycles. The number of aromatic nitrogens is 1. The van der Waals surface area contributed by atoms with Gasteiger partial charge in [0.2, 0.25) is 0 Å². The monoisotopic (exact) mass is 374 g/mol. The number of rotatable bonds is 6. The average Bonchev–Trinajstić information content (AvgIpc) is 2.77. The van der Waals surface area contributed by atoms with E-state index in [4.69, 9.17) is 4.74 Å². The normalized spacial score (nSPS) is 11.5. The minimum absolute atomic E-state index is 0.207. The SMILES string of the molecule is COC(=O)c1ccccc1C(=O)N(Cc1ccccn1)[C@H](C)c1ccccc1. The second-order valence-corrected chi connectivity index (χ2v) is 6.38. The minimum Gasteiger partial charge on any atom is -0.465 e. The van der Waals surface area contributed by atoms with Crippen LogP contribution in [0.2, 0.25) is 0 Å². The maximum atomic E-state index is 13.5. The number of benzene rings is 2. The fourth-order valence-corrected chi connectivity index (χ4v) is 3.07. The molecule has 3 rings (SSSR count). The molecule has 2 aromatic carbocycles. The summed E-state index contributed by atoms with van der Waals surface area (Å²) in [4.78, 5) is 31.7. The Hall–Kier alpha value is -3.47. The molecule has 1 heterocycles. The minimum atomic E-state index is -0.533. The molecular weight excluding hydrogens is 352 g/mol. The van der Waals surface area contributed by atoms with Crippen molar-refractivity contribution in [2.75, 3.05) is 7.11 Å². The summed E-state index contributed by atoms with van der Waals surface area (Å²) < 4.78 is 4.85. The summed E-state index contributed by atoms with van der Waals surface area (Å²) in [6, 6.07) is 21.9. The van der Waals surface area contributed by atoms with Crippen LogP contribution in [0.5, 0.6) is 0 Å². The van der Waals surface area contributed by atoms with Gasteiger partial charge in [-0.3, -0.25) is 9.78 Å². The van der Waals surface area contributed by atoms with Crippen LogP contribution in [0.1, 0.15) is 44.9 Å². The molecule has 5 heteroatoms. The Labute approximate surface area is 164 Å². The number of carbonyl (C=O) groups excluding carboxylic acids is 2. The van der Waals surface area contributed by atoms with Gasteiger partial charge in [0.05, 0.1) is 36.5 Å². The molecule has 0 bridgehead atoms. The van der Waals surface area contributed by atoms with E-state index in [9.17, 15) is 9.59 Å². The molecule has 142 valence electrons. The molecule has 0 saturated carbocycles. The predicted octanol–water partition coefficient (Wildman–Crippen LogP) is 4.27. The highest BCUT2D eigenvalue weighted by molar-refractivity contribution is 6.05. The second-order valence-electron chi connectivity index (χ2n) is 6.38. The van der Waals surface area contributed by atoms with Crippen molar-refractivity contribution in [3.63, 3.8) is 0 Å². The van der Waals surface area contributed by atoms with Gasteiger partial charge in [-0.15, -0.1) is 0 Å². The Morgan fingerprint density at radius 3 is 2.21 bits per heavy atom. The van der Waals surface area contributed by atoms with Crippen molar-refractivity contribution >= 4 is 11.9 Å². The van der Waals surface area contributed by atoms with Crippen molar-refractivity contribution in [1.29, 1.82) is 0 Å². The first-order chi connectivity index (χ1) is 13.6. The van der Waals surface area contributed by atoms with Crippen LogP contribution in [0.4, 0.5) is 0 Å². The van der Waals surface area contributed by atoms with Crippen molar-refractivity contribution in [1.82, 2.24) is 9.88 Å². The lowest BCUT2D eigenvalue weighted by molar-refractivity contribution is 0.0580. The molecule has 0 unspecified atom stereocenters. The van der Waals surface area contributed by atoms with Gasteiger partial charge >= 0.3 is 5.97 Å². The number of methoxy groups -OCH3 is 1. The van der Waals surface area contributed by atoms with Gasteiger partial charge < -0.3 is 9.64 Å². The van der Waals surface area contributed by atoms with Crippen LogP contribution < -0.4 is 0 Å².